The third-order valence-corrected chi connectivity index (χ3v) is 4.75. The van der Waals surface area contributed by atoms with E-state index in [1.807, 2.05) is 28.6 Å². The number of carbonyl (C=O) groups is 1. The maximum absolute atomic E-state index is 12.2. The van der Waals surface area contributed by atoms with Crippen LogP contribution in [0.2, 0.25) is 0 Å². The van der Waals surface area contributed by atoms with Crippen molar-refractivity contribution in [3.05, 3.63) is 40.7 Å². The maximum atomic E-state index is 12.2. The van der Waals surface area contributed by atoms with E-state index in [0.717, 1.165) is 31.7 Å². The first-order valence-corrected chi connectivity index (χ1v) is 7.90. The second-order valence-electron chi connectivity index (χ2n) is 5.10. The molecule has 1 amide bonds. The highest BCUT2D eigenvalue weighted by Crippen LogP contribution is 2.29. The van der Waals surface area contributed by atoms with E-state index in [1.54, 1.807) is 17.6 Å². The number of carbonyl (C=O) groups excluding carboxylic acids is 1. The largest absolute Gasteiger partial charge is 0.469 e. The lowest BCUT2D eigenvalue weighted by atomic mass is 9.97. The Morgan fingerprint density at radius 1 is 1.45 bits per heavy atom. The van der Waals surface area contributed by atoms with E-state index in [4.69, 9.17) is 4.42 Å². The zero-order valence-corrected chi connectivity index (χ0v) is 12.1. The van der Waals surface area contributed by atoms with Crippen LogP contribution in [0.25, 0.3) is 0 Å². The number of aryl methyl sites for hydroxylation is 1. The van der Waals surface area contributed by atoms with Gasteiger partial charge < -0.3 is 9.32 Å². The highest BCUT2D eigenvalue weighted by molar-refractivity contribution is 7.09. The number of furan rings is 1. The summed E-state index contributed by atoms with van der Waals surface area (Å²) in [5.74, 6) is 1.65. The third kappa shape index (κ3) is 3.10. The van der Waals surface area contributed by atoms with Crippen LogP contribution < -0.4 is 0 Å². The average molecular weight is 290 g/mol. The van der Waals surface area contributed by atoms with E-state index in [-0.39, 0.29) is 5.91 Å². The normalized spacial score (nSPS) is 16.5. The van der Waals surface area contributed by atoms with Crippen molar-refractivity contribution in [1.29, 1.82) is 0 Å². The van der Waals surface area contributed by atoms with Gasteiger partial charge in [0, 0.05) is 43.4 Å². The molecule has 1 aliphatic heterocycles. The number of piperidine rings is 1. The summed E-state index contributed by atoms with van der Waals surface area (Å²) in [5, 5.41) is 3.24. The number of likely N-dealkylation sites (tertiary alicyclic amines) is 1. The Morgan fingerprint density at radius 2 is 2.30 bits per heavy atom. The van der Waals surface area contributed by atoms with Gasteiger partial charge in [0.15, 0.2) is 0 Å². The number of hydrogen-bond donors (Lipinski definition) is 0. The van der Waals surface area contributed by atoms with Gasteiger partial charge in [-0.15, -0.1) is 11.3 Å². The standard InChI is InChI=1S/C15H18N2O2S/c18-14(4-3-13-2-1-10-19-13)17-8-5-12(6-9-17)15-16-7-11-20-15/h1-2,7,10-12H,3-6,8-9H2. The highest BCUT2D eigenvalue weighted by Gasteiger charge is 2.24. The molecular formula is C15H18N2O2S. The first kappa shape index (κ1) is 13.4. The molecule has 0 unspecified atom stereocenters. The van der Waals surface area contributed by atoms with Gasteiger partial charge in [0.2, 0.25) is 5.91 Å². The van der Waals surface area contributed by atoms with Crippen LogP contribution in [0, 0.1) is 0 Å². The average Bonchev–Trinajstić information content (AvgIpc) is 3.18. The second-order valence-corrected chi connectivity index (χ2v) is 6.03. The molecule has 1 fully saturated rings. The molecule has 0 saturated carbocycles. The molecule has 0 radical (unpaired) electrons. The summed E-state index contributed by atoms with van der Waals surface area (Å²) in [7, 11) is 0. The van der Waals surface area contributed by atoms with E-state index in [2.05, 4.69) is 4.98 Å². The Morgan fingerprint density at radius 3 is 2.95 bits per heavy atom. The topological polar surface area (TPSA) is 46.3 Å². The summed E-state index contributed by atoms with van der Waals surface area (Å²) in [6.07, 6.45) is 6.80. The lowest BCUT2D eigenvalue weighted by Crippen LogP contribution is -2.38. The number of amides is 1. The monoisotopic (exact) mass is 290 g/mol. The molecule has 0 aromatic carbocycles. The Labute approximate surface area is 122 Å². The summed E-state index contributed by atoms with van der Waals surface area (Å²) in [6.45, 7) is 1.70. The van der Waals surface area contributed by atoms with Gasteiger partial charge >= 0.3 is 0 Å². The first-order valence-electron chi connectivity index (χ1n) is 7.02. The van der Waals surface area contributed by atoms with Gasteiger partial charge in [0.05, 0.1) is 11.3 Å². The van der Waals surface area contributed by atoms with E-state index < -0.39 is 0 Å². The van der Waals surface area contributed by atoms with Crippen molar-refractivity contribution >= 4 is 17.2 Å². The van der Waals surface area contributed by atoms with Gasteiger partial charge in [-0.25, -0.2) is 4.98 Å². The first-order chi connectivity index (χ1) is 9.83. The summed E-state index contributed by atoms with van der Waals surface area (Å²) in [5.41, 5.74) is 0. The fraction of sp³-hybridized carbons (Fsp3) is 0.467. The van der Waals surface area contributed by atoms with Crippen LogP contribution in [0.15, 0.2) is 34.4 Å². The summed E-state index contributed by atoms with van der Waals surface area (Å²) in [6, 6.07) is 3.78. The number of thiazole rings is 1. The molecule has 5 heteroatoms. The Bertz CT molecular complexity index is 528. The Hall–Kier alpha value is -1.62. The van der Waals surface area contributed by atoms with Crippen molar-refractivity contribution in [2.75, 3.05) is 13.1 Å². The zero-order chi connectivity index (χ0) is 13.8. The molecular weight excluding hydrogens is 272 g/mol. The molecule has 0 spiro atoms. The fourth-order valence-electron chi connectivity index (χ4n) is 2.66. The van der Waals surface area contributed by atoms with Crippen molar-refractivity contribution in [1.82, 2.24) is 9.88 Å². The molecule has 2 aromatic heterocycles. The minimum atomic E-state index is 0.235. The lowest BCUT2D eigenvalue weighted by Gasteiger charge is -2.31. The van der Waals surface area contributed by atoms with Crippen LogP contribution in [0.4, 0.5) is 0 Å². The van der Waals surface area contributed by atoms with Gasteiger partial charge in [-0.1, -0.05) is 0 Å². The Kier molecular flexibility index (Phi) is 4.16. The van der Waals surface area contributed by atoms with Gasteiger partial charge in [0.1, 0.15) is 5.76 Å². The van der Waals surface area contributed by atoms with E-state index in [0.29, 0.717) is 18.8 Å². The van der Waals surface area contributed by atoms with E-state index in [9.17, 15) is 4.79 Å². The highest BCUT2D eigenvalue weighted by atomic mass is 32.1. The number of rotatable bonds is 4. The van der Waals surface area contributed by atoms with Crippen LogP contribution in [0.3, 0.4) is 0 Å². The molecule has 20 heavy (non-hydrogen) atoms. The number of nitrogens with zero attached hydrogens (tertiary/aromatic N) is 2. The van der Waals surface area contributed by atoms with Crippen molar-refractivity contribution in [3.8, 4) is 0 Å². The molecule has 3 heterocycles. The number of hydrogen-bond acceptors (Lipinski definition) is 4. The van der Waals surface area contributed by atoms with Gasteiger partial charge in [-0.2, -0.15) is 0 Å². The zero-order valence-electron chi connectivity index (χ0n) is 11.3. The van der Waals surface area contributed by atoms with Crippen LogP contribution in [0.1, 0.15) is 35.9 Å². The van der Waals surface area contributed by atoms with Crippen LogP contribution in [0.5, 0.6) is 0 Å². The predicted molar refractivity (Wildman–Crippen MR) is 77.7 cm³/mol. The van der Waals surface area contributed by atoms with Gasteiger partial charge in [-0.3, -0.25) is 4.79 Å². The SMILES string of the molecule is O=C(CCc1ccco1)N1CCC(c2nccs2)CC1. The molecule has 3 rings (SSSR count). The van der Waals surface area contributed by atoms with Crippen molar-refractivity contribution in [3.63, 3.8) is 0 Å². The molecule has 0 atom stereocenters. The van der Waals surface area contributed by atoms with Crippen LogP contribution >= 0.6 is 11.3 Å². The second kappa shape index (κ2) is 6.22. The van der Waals surface area contributed by atoms with Gasteiger partial charge in [-0.05, 0) is 25.0 Å². The van der Waals surface area contributed by atoms with Crippen molar-refractivity contribution in [2.24, 2.45) is 0 Å². The molecule has 1 aliphatic rings. The maximum Gasteiger partial charge on any atom is 0.223 e. The predicted octanol–water partition coefficient (Wildman–Crippen LogP) is 3.07. The summed E-state index contributed by atoms with van der Waals surface area (Å²) in [4.78, 5) is 18.5. The molecule has 0 bridgehead atoms. The molecule has 4 nitrogen and oxygen atoms in total. The minimum absolute atomic E-state index is 0.235. The summed E-state index contributed by atoms with van der Waals surface area (Å²) < 4.78 is 5.26. The van der Waals surface area contributed by atoms with E-state index >= 15 is 0 Å². The summed E-state index contributed by atoms with van der Waals surface area (Å²) >= 11 is 1.72. The molecule has 0 aliphatic carbocycles. The van der Waals surface area contributed by atoms with Crippen LogP contribution in [-0.2, 0) is 11.2 Å². The molecule has 1 saturated heterocycles. The third-order valence-electron chi connectivity index (χ3n) is 3.81. The Balaban J connectivity index is 1.46. The van der Waals surface area contributed by atoms with Crippen molar-refractivity contribution < 1.29 is 9.21 Å². The quantitative estimate of drug-likeness (QED) is 0.869. The van der Waals surface area contributed by atoms with Crippen molar-refractivity contribution in [2.45, 2.75) is 31.6 Å². The molecule has 2 aromatic rings. The van der Waals surface area contributed by atoms with Gasteiger partial charge in [0.25, 0.3) is 0 Å². The lowest BCUT2D eigenvalue weighted by molar-refractivity contribution is -0.132. The van der Waals surface area contributed by atoms with Crippen LogP contribution in [-0.4, -0.2) is 28.9 Å². The fourth-order valence-corrected chi connectivity index (χ4v) is 3.47. The smallest absolute Gasteiger partial charge is 0.223 e. The molecule has 106 valence electrons. The molecule has 0 N–H and O–H groups in total. The minimum Gasteiger partial charge on any atom is -0.469 e. The number of aromatic nitrogens is 1. The van der Waals surface area contributed by atoms with E-state index in [1.165, 1.54) is 5.01 Å².